The van der Waals surface area contributed by atoms with Gasteiger partial charge in [-0.1, -0.05) is 27.2 Å². The molecule has 0 radical (unpaired) electrons. The Bertz CT molecular complexity index is 320. The van der Waals surface area contributed by atoms with Crippen LogP contribution in [0.4, 0.5) is 0 Å². The third kappa shape index (κ3) is 6.20. The van der Waals surface area contributed by atoms with Crippen LogP contribution in [0, 0.1) is 5.41 Å². The van der Waals surface area contributed by atoms with Gasteiger partial charge in [0.1, 0.15) is 0 Å². The molecule has 0 fully saturated rings. The van der Waals surface area contributed by atoms with Crippen LogP contribution in [0.25, 0.3) is 0 Å². The zero-order valence-electron chi connectivity index (χ0n) is 17.7. The highest BCUT2D eigenvalue weighted by Crippen LogP contribution is 2.33. The van der Waals surface area contributed by atoms with E-state index < -0.39 is 0 Å². The fraction of sp³-hybridized carbons (Fsp3) is 1.00. The van der Waals surface area contributed by atoms with Crippen molar-refractivity contribution in [1.82, 2.24) is 9.80 Å². The van der Waals surface area contributed by atoms with E-state index in [-0.39, 0.29) is 16.5 Å². The Morgan fingerprint density at radius 1 is 0.818 bits per heavy atom. The maximum atomic E-state index is 2.71. The van der Waals surface area contributed by atoms with Crippen LogP contribution in [0.1, 0.15) is 89.0 Å². The van der Waals surface area contributed by atoms with Crippen LogP contribution in [0.3, 0.4) is 0 Å². The summed E-state index contributed by atoms with van der Waals surface area (Å²) in [4.78, 5) is 5.24. The van der Waals surface area contributed by atoms with E-state index in [0.29, 0.717) is 12.1 Å². The Hall–Kier alpha value is -0.0800. The summed E-state index contributed by atoms with van der Waals surface area (Å²) >= 11 is 0. The summed E-state index contributed by atoms with van der Waals surface area (Å²) in [6, 6.07) is 1.17. The van der Waals surface area contributed by atoms with Gasteiger partial charge in [-0.25, -0.2) is 0 Å². The van der Waals surface area contributed by atoms with Gasteiger partial charge < -0.3 is 0 Å². The van der Waals surface area contributed by atoms with E-state index in [1.54, 1.807) is 0 Å². The van der Waals surface area contributed by atoms with Crippen LogP contribution < -0.4 is 0 Å². The number of hydrogen-bond acceptors (Lipinski definition) is 2. The molecule has 2 nitrogen and oxygen atoms in total. The Balaban J connectivity index is 5.25. The second-order valence-electron chi connectivity index (χ2n) is 9.88. The van der Waals surface area contributed by atoms with Gasteiger partial charge >= 0.3 is 0 Å². The second kappa shape index (κ2) is 7.66. The van der Waals surface area contributed by atoms with Gasteiger partial charge in [-0.3, -0.25) is 9.80 Å². The number of nitrogens with zero attached hydrogens (tertiary/aromatic N) is 2. The Labute approximate surface area is 141 Å². The average Bonchev–Trinajstić information content (AvgIpc) is 2.31. The van der Waals surface area contributed by atoms with Crippen LogP contribution in [0.15, 0.2) is 0 Å². The molecule has 0 heterocycles. The molecule has 2 atom stereocenters. The fourth-order valence-corrected chi connectivity index (χ4v) is 3.30. The Kier molecular flexibility index (Phi) is 7.63. The highest BCUT2D eigenvalue weighted by Gasteiger charge is 2.38. The summed E-state index contributed by atoms with van der Waals surface area (Å²) in [5.41, 5.74) is 0.668. The first-order valence-corrected chi connectivity index (χ1v) is 9.14. The van der Waals surface area contributed by atoms with Crippen LogP contribution >= 0.6 is 0 Å². The molecule has 0 rings (SSSR count). The smallest absolute Gasteiger partial charge is 0.0132 e. The Morgan fingerprint density at radius 3 is 1.59 bits per heavy atom. The van der Waals surface area contributed by atoms with Crippen molar-refractivity contribution in [3.05, 3.63) is 0 Å². The van der Waals surface area contributed by atoms with Gasteiger partial charge in [0.2, 0.25) is 0 Å². The molecule has 0 aromatic carbocycles. The summed E-state index contributed by atoms with van der Waals surface area (Å²) in [6.45, 7) is 27.0. The maximum Gasteiger partial charge on any atom is 0.0132 e. The van der Waals surface area contributed by atoms with Crippen LogP contribution in [-0.2, 0) is 0 Å². The van der Waals surface area contributed by atoms with Crippen molar-refractivity contribution >= 4 is 0 Å². The van der Waals surface area contributed by atoms with Crippen LogP contribution in [0.2, 0.25) is 0 Å². The van der Waals surface area contributed by atoms with Gasteiger partial charge in [0.15, 0.2) is 0 Å². The van der Waals surface area contributed by atoms with E-state index in [2.05, 4.69) is 93.0 Å². The highest BCUT2D eigenvalue weighted by molar-refractivity contribution is 4.93. The molecule has 0 bridgehead atoms. The summed E-state index contributed by atoms with van der Waals surface area (Å²) in [6.07, 6.45) is 2.53. The van der Waals surface area contributed by atoms with Crippen LogP contribution in [-0.4, -0.2) is 46.6 Å². The summed E-state index contributed by atoms with van der Waals surface area (Å²) in [7, 11) is 2.27. The van der Waals surface area contributed by atoms with Gasteiger partial charge in [-0.05, 0) is 74.3 Å². The largest absolute Gasteiger partial charge is 0.298 e. The van der Waals surface area contributed by atoms with Crippen molar-refractivity contribution in [2.24, 2.45) is 5.41 Å². The van der Waals surface area contributed by atoms with E-state index in [4.69, 9.17) is 0 Å². The quantitative estimate of drug-likeness (QED) is 0.619. The summed E-state index contributed by atoms with van der Waals surface area (Å²) in [5, 5.41) is 0. The molecule has 134 valence electrons. The van der Waals surface area contributed by atoms with Gasteiger partial charge in [0, 0.05) is 29.7 Å². The predicted molar refractivity (Wildman–Crippen MR) is 102 cm³/mol. The first-order valence-electron chi connectivity index (χ1n) is 9.14. The number of rotatable bonds is 7. The fourth-order valence-electron chi connectivity index (χ4n) is 3.30. The molecule has 0 saturated carbocycles. The lowest BCUT2D eigenvalue weighted by Crippen LogP contribution is -2.57. The maximum absolute atomic E-state index is 2.71. The average molecular weight is 313 g/mol. The Morgan fingerprint density at radius 2 is 1.27 bits per heavy atom. The van der Waals surface area contributed by atoms with Crippen molar-refractivity contribution < 1.29 is 0 Å². The summed E-state index contributed by atoms with van der Waals surface area (Å²) < 4.78 is 0. The molecule has 0 amide bonds. The first kappa shape index (κ1) is 21.9. The van der Waals surface area contributed by atoms with Crippen molar-refractivity contribution in [2.75, 3.05) is 13.6 Å². The minimum Gasteiger partial charge on any atom is -0.298 e. The lowest BCUT2D eigenvalue weighted by Gasteiger charge is -2.50. The van der Waals surface area contributed by atoms with E-state index in [1.807, 2.05) is 0 Å². The number of hydrogen-bond donors (Lipinski definition) is 0. The molecule has 0 aromatic heterocycles. The monoisotopic (exact) mass is 312 g/mol. The molecular weight excluding hydrogens is 268 g/mol. The lowest BCUT2D eigenvalue weighted by molar-refractivity contribution is -0.0107. The topological polar surface area (TPSA) is 6.48 Å². The molecule has 0 aliphatic heterocycles. The molecule has 0 N–H and O–H groups in total. The van der Waals surface area contributed by atoms with E-state index in [0.717, 1.165) is 6.54 Å². The molecular formula is C20H44N2. The molecule has 0 spiro atoms. The van der Waals surface area contributed by atoms with Crippen molar-refractivity contribution in [2.45, 2.75) is 112 Å². The van der Waals surface area contributed by atoms with Gasteiger partial charge in [0.25, 0.3) is 0 Å². The van der Waals surface area contributed by atoms with Gasteiger partial charge in [-0.2, -0.15) is 0 Å². The standard InChI is InChI=1S/C20H44N2/c1-13-14-16(2)22(19(7,8)9)15-20(10,11)17(3)21(12)18(4,5)6/h16-17H,13-15H2,1-12H3. The molecule has 2 unspecified atom stereocenters. The van der Waals surface area contributed by atoms with E-state index >= 15 is 0 Å². The zero-order valence-corrected chi connectivity index (χ0v) is 17.7. The van der Waals surface area contributed by atoms with Crippen molar-refractivity contribution in [3.63, 3.8) is 0 Å². The highest BCUT2D eigenvalue weighted by atomic mass is 15.2. The minimum absolute atomic E-state index is 0.207. The molecule has 2 heteroatoms. The van der Waals surface area contributed by atoms with E-state index in [1.165, 1.54) is 12.8 Å². The molecule has 0 saturated heterocycles. The molecule has 0 aliphatic rings. The van der Waals surface area contributed by atoms with Crippen molar-refractivity contribution in [1.29, 1.82) is 0 Å². The normalized spacial score (nSPS) is 17.2. The SMILES string of the molecule is CCCC(C)N(CC(C)(C)C(C)N(C)C(C)(C)C)C(C)(C)C. The third-order valence-corrected chi connectivity index (χ3v) is 5.45. The second-order valence-corrected chi connectivity index (χ2v) is 9.88. The lowest BCUT2D eigenvalue weighted by atomic mass is 9.80. The zero-order chi connectivity index (χ0) is 17.9. The molecule has 0 aliphatic carbocycles. The van der Waals surface area contributed by atoms with Gasteiger partial charge in [0.05, 0.1) is 0 Å². The first-order chi connectivity index (χ1) is 9.64. The van der Waals surface area contributed by atoms with Gasteiger partial charge in [-0.15, -0.1) is 0 Å². The third-order valence-electron chi connectivity index (χ3n) is 5.45. The predicted octanol–water partition coefficient (Wildman–Crippen LogP) is 5.42. The molecule has 22 heavy (non-hydrogen) atoms. The van der Waals surface area contributed by atoms with Crippen molar-refractivity contribution in [3.8, 4) is 0 Å². The molecule has 0 aromatic rings. The summed E-state index contributed by atoms with van der Waals surface area (Å²) in [5.74, 6) is 0. The van der Waals surface area contributed by atoms with E-state index in [9.17, 15) is 0 Å². The minimum atomic E-state index is 0.207. The van der Waals surface area contributed by atoms with Crippen LogP contribution in [0.5, 0.6) is 0 Å².